The van der Waals surface area contributed by atoms with Crippen molar-refractivity contribution in [1.29, 1.82) is 0 Å². The highest BCUT2D eigenvalue weighted by Crippen LogP contribution is 2.20. The van der Waals surface area contributed by atoms with E-state index in [0.717, 1.165) is 12.8 Å². The highest BCUT2D eigenvalue weighted by molar-refractivity contribution is 5.78. The second-order valence-electron chi connectivity index (χ2n) is 4.08. The Balaban J connectivity index is 1.93. The molecule has 1 rings (SSSR count). The summed E-state index contributed by atoms with van der Waals surface area (Å²) in [5, 5.41) is 2.15. The number of hydrogen-bond donors (Lipinski definition) is 1. The topological polar surface area (TPSA) is 38.3 Å². The summed E-state index contributed by atoms with van der Waals surface area (Å²) in [5.41, 5.74) is 0. The van der Waals surface area contributed by atoms with E-state index in [1.807, 2.05) is 0 Å². The molecule has 0 unspecified atom stereocenters. The number of carbonyl (C=O) groups is 1. The van der Waals surface area contributed by atoms with Gasteiger partial charge < -0.3 is 10.1 Å². The molecule has 1 saturated carbocycles. The Labute approximate surface area is 94.5 Å². The number of hydrogen-bond acceptors (Lipinski definition) is 2. The van der Waals surface area contributed by atoms with Crippen LogP contribution in [-0.4, -0.2) is 31.6 Å². The Morgan fingerprint density at radius 3 is 2.62 bits per heavy atom. The van der Waals surface area contributed by atoms with Crippen molar-refractivity contribution < 1.29 is 18.3 Å². The molecule has 3 nitrogen and oxygen atoms in total. The Kier molecular flexibility index (Phi) is 6.30. The minimum Gasteiger partial charge on any atom is -0.378 e. The van der Waals surface area contributed by atoms with Crippen LogP contribution >= 0.6 is 0 Å². The molecule has 5 heteroatoms. The summed E-state index contributed by atoms with van der Waals surface area (Å²) < 4.78 is 29.2. The predicted molar refractivity (Wildman–Crippen MR) is 56.5 cm³/mol. The molecule has 0 atom stereocenters. The van der Waals surface area contributed by atoms with Gasteiger partial charge >= 0.3 is 6.43 Å². The van der Waals surface area contributed by atoms with Crippen LogP contribution in [0.4, 0.5) is 8.78 Å². The van der Waals surface area contributed by atoms with Gasteiger partial charge in [-0.3, -0.25) is 4.79 Å². The minimum absolute atomic E-state index is 0.260. The average molecular weight is 235 g/mol. The van der Waals surface area contributed by atoms with E-state index in [9.17, 15) is 13.6 Å². The average Bonchev–Trinajstić information content (AvgIpc) is 2.29. The fourth-order valence-corrected chi connectivity index (χ4v) is 1.84. The van der Waals surface area contributed by atoms with Gasteiger partial charge in [0.1, 0.15) is 0 Å². The fraction of sp³-hybridized carbons (Fsp3) is 0.909. The lowest BCUT2D eigenvalue weighted by molar-refractivity contribution is -0.131. The summed E-state index contributed by atoms with van der Waals surface area (Å²) >= 11 is 0. The maximum Gasteiger partial charge on any atom is 0.315 e. The maximum atomic E-state index is 11.8. The molecule has 0 bridgehead atoms. The third-order valence-electron chi connectivity index (χ3n) is 2.72. The van der Waals surface area contributed by atoms with Gasteiger partial charge in [-0.1, -0.05) is 19.3 Å². The Morgan fingerprint density at radius 1 is 1.31 bits per heavy atom. The molecular formula is C11H19F2NO2. The summed E-state index contributed by atoms with van der Waals surface area (Å²) in [6.45, 7) is 0.796. The normalized spacial score (nSPS) is 17.7. The lowest BCUT2D eigenvalue weighted by Gasteiger charge is -2.21. The number of rotatable bonds is 6. The molecule has 1 aliphatic carbocycles. The smallest absolute Gasteiger partial charge is 0.315 e. The second kappa shape index (κ2) is 7.54. The third kappa shape index (κ3) is 5.39. The van der Waals surface area contributed by atoms with Gasteiger partial charge in [-0.05, 0) is 19.3 Å². The number of halogens is 2. The van der Waals surface area contributed by atoms with E-state index >= 15 is 0 Å². The molecule has 16 heavy (non-hydrogen) atoms. The monoisotopic (exact) mass is 235 g/mol. The molecule has 1 fully saturated rings. The van der Waals surface area contributed by atoms with Crippen molar-refractivity contribution in [2.75, 3.05) is 13.2 Å². The summed E-state index contributed by atoms with van der Waals surface area (Å²) in [5.74, 6) is -1.20. The van der Waals surface area contributed by atoms with E-state index in [-0.39, 0.29) is 6.54 Å². The van der Waals surface area contributed by atoms with Gasteiger partial charge in [0.15, 0.2) is 0 Å². The van der Waals surface area contributed by atoms with E-state index in [4.69, 9.17) is 4.74 Å². The van der Waals surface area contributed by atoms with Crippen molar-refractivity contribution in [2.45, 2.75) is 51.1 Å². The molecule has 0 radical (unpaired) electrons. The molecule has 1 N–H and O–H groups in total. The molecule has 0 spiro atoms. The molecule has 0 aromatic carbocycles. The van der Waals surface area contributed by atoms with Crippen molar-refractivity contribution in [3.8, 4) is 0 Å². The zero-order valence-electron chi connectivity index (χ0n) is 9.38. The van der Waals surface area contributed by atoms with E-state index in [2.05, 4.69) is 5.32 Å². The van der Waals surface area contributed by atoms with Crippen LogP contribution in [0.3, 0.4) is 0 Å². The number of nitrogens with one attached hydrogen (secondary N) is 1. The molecule has 0 aromatic heterocycles. The van der Waals surface area contributed by atoms with Gasteiger partial charge in [-0.15, -0.1) is 0 Å². The van der Waals surface area contributed by atoms with Crippen LogP contribution in [0.5, 0.6) is 0 Å². The Bertz CT molecular complexity index is 206. The molecule has 1 aliphatic rings. The largest absolute Gasteiger partial charge is 0.378 e. The van der Waals surface area contributed by atoms with Crippen LogP contribution < -0.4 is 5.32 Å². The lowest BCUT2D eigenvalue weighted by Crippen LogP contribution is -2.31. The Morgan fingerprint density at radius 2 is 2.00 bits per heavy atom. The van der Waals surface area contributed by atoms with Crippen molar-refractivity contribution in [3.63, 3.8) is 0 Å². The van der Waals surface area contributed by atoms with Crippen molar-refractivity contribution in [3.05, 3.63) is 0 Å². The van der Waals surface area contributed by atoms with Crippen LogP contribution in [0, 0.1) is 0 Å². The quantitative estimate of drug-likeness (QED) is 0.716. The van der Waals surface area contributed by atoms with Crippen molar-refractivity contribution >= 4 is 5.91 Å². The lowest BCUT2D eigenvalue weighted by atomic mass is 9.98. The number of ether oxygens (including phenoxy) is 1. The highest BCUT2D eigenvalue weighted by Gasteiger charge is 2.15. The number of amides is 1. The molecular weight excluding hydrogens is 216 g/mol. The van der Waals surface area contributed by atoms with Crippen molar-refractivity contribution in [1.82, 2.24) is 5.32 Å². The van der Waals surface area contributed by atoms with Gasteiger partial charge in [0, 0.05) is 13.2 Å². The summed E-state index contributed by atoms with van der Waals surface area (Å²) in [7, 11) is 0. The first kappa shape index (κ1) is 13.4. The summed E-state index contributed by atoms with van der Waals surface area (Å²) in [6.07, 6.45) is 3.92. The van der Waals surface area contributed by atoms with Crippen LogP contribution in [0.25, 0.3) is 0 Å². The Hall–Kier alpha value is -0.710. The fourth-order valence-electron chi connectivity index (χ4n) is 1.84. The first-order chi connectivity index (χ1) is 7.70. The molecule has 94 valence electrons. The zero-order chi connectivity index (χ0) is 11.8. The number of carbonyl (C=O) groups excluding carboxylic acids is 1. The first-order valence-electron chi connectivity index (χ1n) is 5.87. The van der Waals surface area contributed by atoms with E-state index in [1.54, 1.807) is 0 Å². The molecule has 1 amide bonds. The van der Waals surface area contributed by atoms with Crippen LogP contribution in [-0.2, 0) is 9.53 Å². The van der Waals surface area contributed by atoms with Gasteiger partial charge in [0.05, 0.1) is 6.10 Å². The van der Waals surface area contributed by atoms with Crippen LogP contribution in [0.1, 0.15) is 38.5 Å². The predicted octanol–water partition coefficient (Wildman–Crippen LogP) is 2.11. The van der Waals surface area contributed by atoms with E-state index in [0.29, 0.717) is 19.1 Å². The molecule has 0 aliphatic heterocycles. The van der Waals surface area contributed by atoms with E-state index in [1.165, 1.54) is 19.3 Å². The second-order valence-corrected chi connectivity index (χ2v) is 4.08. The first-order valence-corrected chi connectivity index (χ1v) is 5.87. The minimum atomic E-state index is -2.92. The number of alkyl halides is 2. The summed E-state index contributed by atoms with van der Waals surface area (Å²) in [4.78, 5) is 10.5. The maximum absolute atomic E-state index is 11.8. The van der Waals surface area contributed by atoms with Gasteiger partial charge in [0.25, 0.3) is 5.91 Å². The van der Waals surface area contributed by atoms with Gasteiger partial charge in [-0.25, -0.2) is 0 Å². The highest BCUT2D eigenvalue weighted by atomic mass is 19.3. The molecule has 0 heterocycles. The summed E-state index contributed by atoms with van der Waals surface area (Å²) in [6, 6.07) is 0. The third-order valence-corrected chi connectivity index (χ3v) is 2.72. The van der Waals surface area contributed by atoms with Crippen LogP contribution in [0.2, 0.25) is 0 Å². The zero-order valence-corrected chi connectivity index (χ0v) is 9.38. The SMILES string of the molecule is O=C(NCCCOC1CCCCC1)C(F)F. The molecule has 0 aromatic rings. The van der Waals surface area contributed by atoms with Gasteiger partial charge in [-0.2, -0.15) is 8.78 Å². The van der Waals surface area contributed by atoms with Crippen molar-refractivity contribution in [2.24, 2.45) is 0 Å². The van der Waals surface area contributed by atoms with E-state index < -0.39 is 12.3 Å². The molecule has 0 saturated heterocycles. The van der Waals surface area contributed by atoms with Gasteiger partial charge in [0.2, 0.25) is 0 Å². The van der Waals surface area contributed by atoms with Crippen LogP contribution in [0.15, 0.2) is 0 Å². The standard InChI is InChI=1S/C11H19F2NO2/c12-10(13)11(15)14-7-4-8-16-9-5-2-1-3-6-9/h9-10H,1-8H2,(H,14,15).